The number of carbonyl (C=O) groups is 2. The van der Waals surface area contributed by atoms with Crippen LogP contribution in [0.3, 0.4) is 0 Å². The van der Waals surface area contributed by atoms with Gasteiger partial charge in [-0.2, -0.15) is 0 Å². The molecule has 5 aromatic rings. The van der Waals surface area contributed by atoms with E-state index in [9.17, 15) is 9.59 Å². The van der Waals surface area contributed by atoms with E-state index in [-0.39, 0.29) is 11.2 Å². The number of urea groups is 1. The molecule has 0 aliphatic heterocycles. The van der Waals surface area contributed by atoms with Crippen molar-refractivity contribution in [1.29, 1.82) is 0 Å². The van der Waals surface area contributed by atoms with E-state index in [1.165, 1.54) is 20.6 Å². The van der Waals surface area contributed by atoms with Gasteiger partial charge in [0.2, 0.25) is 0 Å². The van der Waals surface area contributed by atoms with Gasteiger partial charge in [0.1, 0.15) is 11.5 Å². The highest BCUT2D eigenvalue weighted by Crippen LogP contribution is 2.40. The van der Waals surface area contributed by atoms with Gasteiger partial charge in [0.05, 0.1) is 37.0 Å². The van der Waals surface area contributed by atoms with E-state index < -0.39 is 12.1 Å². The quantitative estimate of drug-likeness (QED) is 0.172. The second-order valence-electron chi connectivity index (χ2n) is 11.1. The summed E-state index contributed by atoms with van der Waals surface area (Å²) in [5.41, 5.74) is 3.56. The maximum atomic E-state index is 13.4. The molecule has 44 heavy (non-hydrogen) atoms. The first-order valence-electron chi connectivity index (χ1n) is 13.9. The van der Waals surface area contributed by atoms with Crippen LogP contribution in [0.5, 0.6) is 17.2 Å². The minimum absolute atomic E-state index is 0.287. The Bertz CT molecular complexity index is 1840. The number of nitrogens with one attached hydrogen (secondary N) is 3. The number of hydrogen-bond acceptors (Lipinski definition) is 7. The minimum atomic E-state index is -0.654. The minimum Gasteiger partial charge on any atom is -0.492 e. The zero-order valence-electron chi connectivity index (χ0n) is 25.4. The molecule has 0 bridgehead atoms. The van der Waals surface area contributed by atoms with Crippen LogP contribution in [0.4, 0.5) is 26.7 Å². The third-order valence-corrected chi connectivity index (χ3v) is 7.03. The summed E-state index contributed by atoms with van der Waals surface area (Å²) >= 11 is 0. The van der Waals surface area contributed by atoms with Gasteiger partial charge in [-0.25, -0.2) is 14.6 Å². The number of aryl methyl sites for hydroxylation is 1. The van der Waals surface area contributed by atoms with Gasteiger partial charge in [-0.15, -0.1) is 0 Å². The third kappa shape index (κ3) is 6.44. The molecule has 4 aromatic carbocycles. The SMILES string of the molecule is COC(=O)Nc1cc(C(C)(C)C)cc(NC(=O)Nc2ccc(Oc3cccc(-c4ocnc4C)c3)c3ccccc23)c1OC. The van der Waals surface area contributed by atoms with Crippen molar-refractivity contribution in [3.63, 3.8) is 0 Å². The van der Waals surface area contributed by atoms with E-state index in [2.05, 4.69) is 20.9 Å². The van der Waals surface area contributed by atoms with Crippen molar-refractivity contribution in [1.82, 2.24) is 4.98 Å². The number of oxazole rings is 1. The molecule has 3 N–H and O–H groups in total. The van der Waals surface area contributed by atoms with E-state index in [4.69, 9.17) is 18.6 Å². The van der Waals surface area contributed by atoms with Crippen molar-refractivity contribution >= 4 is 40.0 Å². The second-order valence-corrected chi connectivity index (χ2v) is 11.1. The lowest BCUT2D eigenvalue weighted by Gasteiger charge is -2.24. The van der Waals surface area contributed by atoms with E-state index in [0.29, 0.717) is 34.3 Å². The van der Waals surface area contributed by atoms with Gasteiger partial charge in [-0.1, -0.05) is 57.2 Å². The largest absolute Gasteiger partial charge is 0.492 e. The molecule has 5 rings (SSSR count). The summed E-state index contributed by atoms with van der Waals surface area (Å²) in [5, 5.41) is 10.1. The van der Waals surface area contributed by atoms with Gasteiger partial charge in [0, 0.05) is 16.3 Å². The Morgan fingerprint density at radius 2 is 1.52 bits per heavy atom. The fourth-order valence-corrected chi connectivity index (χ4v) is 4.78. The first-order chi connectivity index (χ1) is 21.1. The van der Waals surface area contributed by atoms with Crippen LogP contribution >= 0.6 is 0 Å². The predicted octanol–water partition coefficient (Wildman–Crippen LogP) is 8.72. The standard InChI is InChI=1S/C34H34N4O6/c1-20-30(43-19-35-20)21-10-9-11-23(16-21)44-29-15-14-26(24-12-7-8-13-25(24)29)36-32(39)37-27-17-22(34(2,3)4)18-28(31(27)41-5)38-33(40)42-6/h7-19H,1-6H3,(H,38,40)(H2,36,37,39). The number of nitrogens with zero attached hydrogens (tertiary/aromatic N) is 1. The topological polar surface area (TPSA) is 124 Å². The second kappa shape index (κ2) is 12.4. The van der Waals surface area contributed by atoms with Gasteiger partial charge in [-0.05, 0) is 54.3 Å². The van der Waals surface area contributed by atoms with Crippen molar-refractivity contribution in [3.8, 4) is 28.6 Å². The number of methoxy groups -OCH3 is 2. The predicted molar refractivity (Wildman–Crippen MR) is 171 cm³/mol. The molecule has 0 radical (unpaired) electrons. The zero-order chi connectivity index (χ0) is 31.4. The Hall–Kier alpha value is -5.51. The number of fused-ring (bicyclic) bond motifs is 1. The molecule has 0 saturated carbocycles. The van der Waals surface area contributed by atoms with Crippen LogP contribution in [0.15, 0.2) is 83.6 Å². The molecule has 3 amide bonds. The summed E-state index contributed by atoms with van der Waals surface area (Å²) in [6.07, 6.45) is 0.765. The number of anilines is 3. The Balaban J connectivity index is 1.42. The molecule has 0 saturated heterocycles. The van der Waals surface area contributed by atoms with E-state index in [1.807, 2.05) is 88.4 Å². The van der Waals surface area contributed by atoms with Gasteiger partial charge in [-0.3, -0.25) is 5.32 Å². The molecular formula is C34H34N4O6. The summed E-state index contributed by atoms with van der Waals surface area (Å²) in [5.74, 6) is 2.22. The Labute approximate surface area is 255 Å². The summed E-state index contributed by atoms with van der Waals surface area (Å²) in [4.78, 5) is 29.6. The van der Waals surface area contributed by atoms with Gasteiger partial charge < -0.3 is 29.3 Å². The monoisotopic (exact) mass is 594 g/mol. The molecule has 10 nitrogen and oxygen atoms in total. The van der Waals surface area contributed by atoms with E-state index >= 15 is 0 Å². The summed E-state index contributed by atoms with van der Waals surface area (Å²) in [7, 11) is 2.74. The number of carbonyl (C=O) groups excluding carboxylic acids is 2. The molecule has 0 spiro atoms. The van der Waals surface area contributed by atoms with Crippen LogP contribution in [0.2, 0.25) is 0 Å². The molecule has 0 atom stereocenters. The average molecular weight is 595 g/mol. The smallest absolute Gasteiger partial charge is 0.411 e. The van der Waals surface area contributed by atoms with Crippen molar-refractivity contribution in [2.75, 3.05) is 30.2 Å². The Kier molecular flexibility index (Phi) is 8.43. The lowest BCUT2D eigenvalue weighted by molar-refractivity contribution is 0.187. The van der Waals surface area contributed by atoms with Gasteiger partial charge in [0.15, 0.2) is 17.9 Å². The first-order valence-corrected chi connectivity index (χ1v) is 13.9. The molecule has 226 valence electrons. The highest BCUT2D eigenvalue weighted by atomic mass is 16.5. The molecular weight excluding hydrogens is 560 g/mol. The maximum absolute atomic E-state index is 13.4. The molecule has 0 fully saturated rings. The van der Waals surface area contributed by atoms with Gasteiger partial charge >= 0.3 is 12.1 Å². The number of rotatable bonds is 7. The Morgan fingerprint density at radius 1 is 0.818 bits per heavy atom. The lowest BCUT2D eigenvalue weighted by Crippen LogP contribution is -2.22. The Morgan fingerprint density at radius 3 is 2.18 bits per heavy atom. The van der Waals surface area contributed by atoms with Crippen LogP contribution in [0.1, 0.15) is 32.0 Å². The van der Waals surface area contributed by atoms with Crippen LogP contribution in [0.25, 0.3) is 22.1 Å². The normalized spacial score (nSPS) is 11.1. The van der Waals surface area contributed by atoms with E-state index in [0.717, 1.165) is 27.6 Å². The number of amides is 3. The zero-order valence-corrected chi connectivity index (χ0v) is 25.4. The van der Waals surface area contributed by atoms with Crippen molar-refractivity contribution in [2.45, 2.75) is 33.1 Å². The summed E-state index contributed by atoms with van der Waals surface area (Å²) < 4.78 is 22.2. The van der Waals surface area contributed by atoms with Crippen LogP contribution < -0.4 is 25.4 Å². The summed E-state index contributed by atoms with van der Waals surface area (Å²) in [6.45, 7) is 7.98. The third-order valence-electron chi connectivity index (χ3n) is 7.03. The number of benzene rings is 4. The molecule has 1 heterocycles. The first kappa shape index (κ1) is 30.0. The van der Waals surface area contributed by atoms with E-state index in [1.54, 1.807) is 12.1 Å². The van der Waals surface area contributed by atoms with Crippen molar-refractivity contribution < 1.29 is 28.2 Å². The highest BCUT2D eigenvalue weighted by Gasteiger charge is 2.22. The maximum Gasteiger partial charge on any atom is 0.411 e. The molecule has 0 aliphatic rings. The number of aromatic nitrogens is 1. The number of hydrogen-bond donors (Lipinski definition) is 3. The fourth-order valence-electron chi connectivity index (χ4n) is 4.78. The van der Waals surface area contributed by atoms with Crippen LogP contribution in [-0.4, -0.2) is 31.3 Å². The average Bonchev–Trinajstić information content (AvgIpc) is 3.43. The van der Waals surface area contributed by atoms with Crippen molar-refractivity contribution in [2.24, 2.45) is 0 Å². The van der Waals surface area contributed by atoms with Gasteiger partial charge in [0.25, 0.3) is 0 Å². The summed E-state index contributed by atoms with van der Waals surface area (Å²) in [6, 6.07) is 22.0. The van der Waals surface area contributed by atoms with Crippen LogP contribution in [-0.2, 0) is 10.2 Å². The van der Waals surface area contributed by atoms with Crippen molar-refractivity contribution in [3.05, 3.63) is 90.4 Å². The molecule has 10 heteroatoms. The lowest BCUT2D eigenvalue weighted by atomic mass is 9.86. The molecule has 0 unspecified atom stereocenters. The molecule has 1 aromatic heterocycles. The number of ether oxygens (including phenoxy) is 3. The van der Waals surface area contributed by atoms with Crippen LogP contribution in [0, 0.1) is 6.92 Å². The highest BCUT2D eigenvalue weighted by molar-refractivity contribution is 6.08. The fraction of sp³-hybridized carbons (Fsp3) is 0.206. The molecule has 0 aliphatic carbocycles.